The minimum absolute atomic E-state index is 0.0336. The van der Waals surface area contributed by atoms with Crippen LogP contribution in [0, 0.1) is 0 Å². The molecule has 0 amide bonds. The van der Waals surface area contributed by atoms with Crippen LogP contribution in [-0.4, -0.2) is 80.6 Å². The number of carbonyl (C=O) groups excluding carboxylic acids is 1. The Labute approximate surface area is 247 Å². The van der Waals surface area contributed by atoms with Gasteiger partial charge in [-0.3, -0.25) is 13.9 Å². The van der Waals surface area contributed by atoms with E-state index in [1.165, 1.54) is 25.4 Å². The van der Waals surface area contributed by atoms with Crippen LogP contribution in [-0.2, 0) is 23.4 Å². The number of nitrogens with two attached hydrogens (primary N) is 1. The molecular weight excluding hydrogens is 591 g/mol. The number of aliphatic hydroxyl groups excluding tert-OH is 1. The number of aromatic nitrogens is 4. The number of carbonyl (C=O) groups is 1. The van der Waals surface area contributed by atoms with E-state index in [-0.39, 0.29) is 22.9 Å². The third-order valence-corrected chi connectivity index (χ3v) is 8.32. The van der Waals surface area contributed by atoms with Gasteiger partial charge in [0, 0.05) is 13.6 Å². The normalized spacial score (nSPS) is 25.9. The number of alkyl halides is 2. The standard InChI is InChI=1S/C26H36F2N7O7P/c1-7-34(6)19-18-20(32-24(29)31-19)35(14-30-18)23-25(5,27)22(37)26(28,41-23)13-39-43(38,42-17-11-9-8-10-12-17)33-16(4)21(36)40-15(2)3/h8-12,14-16,22-23,37H,7,13H2,1-6H3,(H,33,38)(H2,29,31,32)/t16-,22?,23+,25+,26+,43?/m0/s1. The highest BCUT2D eigenvalue weighted by Gasteiger charge is 2.65. The summed E-state index contributed by atoms with van der Waals surface area (Å²) in [6.45, 7) is 6.68. The van der Waals surface area contributed by atoms with Gasteiger partial charge in [-0.1, -0.05) is 18.2 Å². The highest BCUT2D eigenvalue weighted by Crippen LogP contribution is 2.52. The van der Waals surface area contributed by atoms with E-state index in [9.17, 15) is 14.5 Å². The fourth-order valence-corrected chi connectivity index (χ4v) is 5.88. The maximum Gasteiger partial charge on any atom is 0.459 e. The molecule has 1 fully saturated rings. The third-order valence-electron chi connectivity index (χ3n) is 6.70. The van der Waals surface area contributed by atoms with Crippen LogP contribution >= 0.6 is 7.75 Å². The number of nitrogens with zero attached hydrogens (tertiary/aromatic N) is 5. The van der Waals surface area contributed by atoms with Crippen LogP contribution in [0.1, 0.15) is 40.8 Å². The van der Waals surface area contributed by atoms with Crippen molar-refractivity contribution in [1.82, 2.24) is 24.6 Å². The molecule has 0 bridgehead atoms. The number of para-hydroxylation sites is 1. The van der Waals surface area contributed by atoms with E-state index in [1.807, 2.05) is 6.92 Å². The zero-order chi connectivity index (χ0) is 31.7. The second-order valence-electron chi connectivity index (χ2n) is 10.6. The first-order chi connectivity index (χ1) is 20.1. The van der Waals surface area contributed by atoms with Gasteiger partial charge in [0.15, 0.2) is 35.0 Å². The molecule has 4 rings (SSSR count). The number of aliphatic hydroxyl groups is 1. The van der Waals surface area contributed by atoms with Gasteiger partial charge in [-0.05, 0) is 46.8 Å². The summed E-state index contributed by atoms with van der Waals surface area (Å²) in [6, 6.07) is 6.54. The lowest BCUT2D eigenvalue weighted by Crippen LogP contribution is -2.47. The summed E-state index contributed by atoms with van der Waals surface area (Å²) in [5, 5.41) is 13.2. The highest BCUT2D eigenvalue weighted by molar-refractivity contribution is 7.52. The topological polar surface area (TPSA) is 176 Å². The maximum atomic E-state index is 16.3. The van der Waals surface area contributed by atoms with Gasteiger partial charge in [-0.15, -0.1) is 0 Å². The molecule has 4 N–H and O–H groups in total. The summed E-state index contributed by atoms with van der Waals surface area (Å²) in [4.78, 5) is 26.7. The molecule has 0 radical (unpaired) electrons. The molecule has 0 spiro atoms. The highest BCUT2D eigenvalue weighted by atomic mass is 31.2. The smallest absolute Gasteiger partial charge is 0.459 e. The number of rotatable bonds is 12. The van der Waals surface area contributed by atoms with E-state index in [0.29, 0.717) is 12.4 Å². The van der Waals surface area contributed by atoms with Gasteiger partial charge in [-0.2, -0.15) is 15.1 Å². The molecule has 1 aromatic carbocycles. The Kier molecular flexibility index (Phi) is 9.28. The van der Waals surface area contributed by atoms with Crippen molar-refractivity contribution in [2.45, 2.75) is 70.6 Å². The Morgan fingerprint density at radius 3 is 2.58 bits per heavy atom. The van der Waals surface area contributed by atoms with Gasteiger partial charge in [0.1, 0.15) is 18.4 Å². The number of hydrogen-bond acceptors (Lipinski definition) is 12. The van der Waals surface area contributed by atoms with Gasteiger partial charge in [0.25, 0.3) is 5.85 Å². The second-order valence-corrected chi connectivity index (χ2v) is 12.3. The number of nitrogen functional groups attached to an aromatic ring is 1. The SMILES string of the molecule is CCN(C)c1nc(N)nc2c1ncn2[C@@H]1O[C@](F)(COP(=O)(N[C@@H](C)C(=O)OC(C)C)Oc2ccccc2)C(O)[C@@]1(C)F. The Bertz CT molecular complexity index is 1500. The molecule has 3 aromatic rings. The van der Waals surface area contributed by atoms with Crippen molar-refractivity contribution < 1.29 is 41.8 Å². The Morgan fingerprint density at radius 2 is 1.95 bits per heavy atom. The van der Waals surface area contributed by atoms with Crippen LogP contribution in [0.4, 0.5) is 20.5 Å². The van der Waals surface area contributed by atoms with Crippen molar-refractivity contribution in [3.05, 3.63) is 36.7 Å². The van der Waals surface area contributed by atoms with Gasteiger partial charge < -0.3 is 29.7 Å². The number of nitrogens with one attached hydrogen (secondary N) is 1. The van der Waals surface area contributed by atoms with E-state index in [4.69, 9.17) is 24.3 Å². The Hall–Kier alpha value is -3.43. The number of hydrogen-bond donors (Lipinski definition) is 3. The number of anilines is 2. The lowest BCUT2D eigenvalue weighted by Gasteiger charge is -2.28. The van der Waals surface area contributed by atoms with Gasteiger partial charge in [-0.25, -0.2) is 18.3 Å². The van der Waals surface area contributed by atoms with Crippen LogP contribution < -0.4 is 20.2 Å². The average Bonchev–Trinajstić information content (AvgIpc) is 3.43. The summed E-state index contributed by atoms with van der Waals surface area (Å²) in [7, 11) is -2.83. The van der Waals surface area contributed by atoms with Crippen molar-refractivity contribution in [1.29, 1.82) is 0 Å². The monoisotopic (exact) mass is 627 g/mol. The molecule has 43 heavy (non-hydrogen) atoms. The fourth-order valence-electron chi connectivity index (χ4n) is 4.38. The Balaban J connectivity index is 1.63. The summed E-state index contributed by atoms with van der Waals surface area (Å²) in [5.74, 6) is -3.75. The van der Waals surface area contributed by atoms with E-state index in [0.717, 1.165) is 11.5 Å². The molecular formula is C26H36F2N7O7P. The van der Waals surface area contributed by atoms with Crippen molar-refractivity contribution in [3.63, 3.8) is 0 Å². The molecule has 1 saturated heterocycles. The number of benzene rings is 1. The van der Waals surface area contributed by atoms with E-state index in [2.05, 4.69) is 20.0 Å². The minimum atomic E-state index is -4.57. The van der Waals surface area contributed by atoms with Crippen molar-refractivity contribution >= 4 is 36.6 Å². The average molecular weight is 628 g/mol. The third kappa shape index (κ3) is 6.73. The fraction of sp³-hybridized carbons (Fsp3) is 0.538. The number of esters is 1. The first-order valence-corrected chi connectivity index (χ1v) is 15.1. The van der Waals surface area contributed by atoms with Crippen molar-refractivity contribution in [3.8, 4) is 5.75 Å². The second kappa shape index (κ2) is 12.3. The first kappa shape index (κ1) is 32.5. The van der Waals surface area contributed by atoms with E-state index < -0.39 is 56.3 Å². The molecule has 14 nitrogen and oxygen atoms in total. The first-order valence-electron chi connectivity index (χ1n) is 13.5. The summed E-state index contributed by atoms with van der Waals surface area (Å²) in [6.07, 6.45) is -3.55. The van der Waals surface area contributed by atoms with Crippen LogP contribution in [0.5, 0.6) is 5.75 Å². The molecule has 2 aromatic heterocycles. The lowest BCUT2D eigenvalue weighted by molar-refractivity contribution is -0.202. The van der Waals surface area contributed by atoms with Gasteiger partial charge in [0.05, 0.1) is 12.4 Å². The Morgan fingerprint density at radius 1 is 1.28 bits per heavy atom. The van der Waals surface area contributed by atoms with Gasteiger partial charge in [0.2, 0.25) is 5.95 Å². The molecule has 6 atom stereocenters. The van der Waals surface area contributed by atoms with Crippen LogP contribution in [0.3, 0.4) is 0 Å². The molecule has 1 aliphatic rings. The summed E-state index contributed by atoms with van der Waals surface area (Å²) >= 11 is 0. The summed E-state index contributed by atoms with van der Waals surface area (Å²) < 4.78 is 68.7. The van der Waals surface area contributed by atoms with Crippen LogP contribution in [0.25, 0.3) is 11.2 Å². The number of halogens is 2. The predicted octanol–water partition coefficient (Wildman–Crippen LogP) is 3.28. The van der Waals surface area contributed by atoms with Crippen LogP contribution in [0.2, 0.25) is 0 Å². The van der Waals surface area contributed by atoms with E-state index >= 15 is 8.78 Å². The predicted molar refractivity (Wildman–Crippen MR) is 153 cm³/mol. The molecule has 0 aliphatic carbocycles. The lowest BCUT2D eigenvalue weighted by atomic mass is 9.97. The van der Waals surface area contributed by atoms with Crippen molar-refractivity contribution in [2.75, 3.05) is 30.8 Å². The van der Waals surface area contributed by atoms with Crippen LogP contribution in [0.15, 0.2) is 36.7 Å². The molecule has 17 heteroatoms. The maximum absolute atomic E-state index is 16.3. The zero-order valence-corrected chi connectivity index (χ0v) is 25.5. The molecule has 0 saturated carbocycles. The number of ether oxygens (including phenoxy) is 2. The molecule has 236 valence electrons. The molecule has 3 heterocycles. The summed E-state index contributed by atoms with van der Waals surface area (Å²) in [5.41, 5.74) is 3.39. The zero-order valence-electron chi connectivity index (χ0n) is 24.6. The van der Waals surface area contributed by atoms with Gasteiger partial charge >= 0.3 is 13.7 Å². The quantitative estimate of drug-likeness (QED) is 0.197. The largest absolute Gasteiger partial charge is 0.462 e. The number of imidazole rings is 1. The molecule has 1 aliphatic heterocycles. The van der Waals surface area contributed by atoms with Crippen molar-refractivity contribution in [2.24, 2.45) is 0 Å². The number of fused-ring (bicyclic) bond motifs is 1. The molecule has 2 unspecified atom stereocenters. The van der Waals surface area contributed by atoms with E-state index in [1.54, 1.807) is 44.0 Å². The minimum Gasteiger partial charge on any atom is -0.462 e.